The summed E-state index contributed by atoms with van der Waals surface area (Å²) in [7, 11) is 1.62. The number of hydrogen-bond acceptors (Lipinski definition) is 5. The second-order valence-electron chi connectivity index (χ2n) is 6.55. The number of aromatic nitrogens is 4. The van der Waals surface area contributed by atoms with E-state index in [0.29, 0.717) is 40.8 Å². The van der Waals surface area contributed by atoms with Crippen molar-refractivity contribution in [3.63, 3.8) is 0 Å². The Balaban J connectivity index is 1.99. The summed E-state index contributed by atoms with van der Waals surface area (Å²) in [5.74, 6) is 0.570. The number of hydrazone groups is 1. The van der Waals surface area contributed by atoms with Gasteiger partial charge in [0.1, 0.15) is 0 Å². The lowest BCUT2D eigenvalue weighted by Gasteiger charge is -2.23. The molecule has 0 saturated heterocycles. The maximum atomic E-state index is 13.2. The highest BCUT2D eigenvalue weighted by Gasteiger charge is 2.26. The summed E-state index contributed by atoms with van der Waals surface area (Å²) in [6, 6.07) is 7.18. The van der Waals surface area contributed by atoms with E-state index >= 15 is 0 Å². The maximum Gasteiger partial charge on any atom is 0.332 e. The molecule has 4 rings (SSSR count). The van der Waals surface area contributed by atoms with Crippen LogP contribution in [0.3, 0.4) is 0 Å². The minimum absolute atomic E-state index is 0.103. The fraction of sp³-hybridized carbons (Fsp3) is 0.333. The number of fused-ring (bicyclic) bond motifs is 3. The maximum absolute atomic E-state index is 13.2. The quantitative estimate of drug-likeness (QED) is 0.687. The van der Waals surface area contributed by atoms with Crippen molar-refractivity contribution in [3.8, 4) is 0 Å². The standard InChI is InChI=1S/C18H19ClN6O2/c1-4-25-17-20-15-14(23(17)9-11(2)21-25)16(26)24(18(27)22(15)3)10-12-7-5-6-8-13(12)19/h5-8H,4,9-10H2,1-3H3. The van der Waals surface area contributed by atoms with E-state index in [2.05, 4.69) is 10.1 Å². The van der Waals surface area contributed by atoms with Crippen molar-refractivity contribution in [2.24, 2.45) is 12.1 Å². The summed E-state index contributed by atoms with van der Waals surface area (Å²) in [5, 5.41) is 6.73. The predicted octanol–water partition coefficient (Wildman–Crippen LogP) is 1.81. The third-order valence-corrected chi connectivity index (χ3v) is 5.08. The van der Waals surface area contributed by atoms with E-state index < -0.39 is 5.69 Å². The van der Waals surface area contributed by atoms with Crippen molar-refractivity contribution >= 4 is 34.4 Å². The molecule has 2 aromatic heterocycles. The third kappa shape index (κ3) is 2.68. The van der Waals surface area contributed by atoms with Gasteiger partial charge in [-0.05, 0) is 25.5 Å². The van der Waals surface area contributed by atoms with E-state index in [0.717, 1.165) is 5.71 Å². The molecular formula is C18H19ClN6O2. The molecule has 27 heavy (non-hydrogen) atoms. The van der Waals surface area contributed by atoms with E-state index in [-0.39, 0.29) is 12.1 Å². The fourth-order valence-electron chi connectivity index (χ4n) is 3.37. The number of imidazole rings is 1. The van der Waals surface area contributed by atoms with Gasteiger partial charge in [-0.2, -0.15) is 10.1 Å². The first-order chi connectivity index (χ1) is 12.9. The van der Waals surface area contributed by atoms with Gasteiger partial charge < -0.3 is 0 Å². The minimum atomic E-state index is -0.427. The van der Waals surface area contributed by atoms with Crippen molar-refractivity contribution in [1.82, 2.24) is 18.7 Å². The number of rotatable bonds is 3. The molecular weight excluding hydrogens is 368 g/mol. The number of nitrogens with zero attached hydrogens (tertiary/aromatic N) is 6. The minimum Gasteiger partial charge on any atom is -0.297 e. The van der Waals surface area contributed by atoms with Gasteiger partial charge in [0.15, 0.2) is 11.2 Å². The molecule has 140 valence electrons. The Morgan fingerprint density at radius 1 is 1.22 bits per heavy atom. The predicted molar refractivity (Wildman–Crippen MR) is 106 cm³/mol. The molecule has 1 aliphatic heterocycles. The SMILES string of the molecule is CCN1N=C(C)Cn2c1nc1c2c(=O)n(Cc2ccccc2Cl)c(=O)n1C. The van der Waals surface area contributed by atoms with Crippen LogP contribution in [-0.2, 0) is 20.1 Å². The first kappa shape index (κ1) is 17.5. The Morgan fingerprint density at radius 3 is 2.67 bits per heavy atom. The molecule has 0 spiro atoms. The highest BCUT2D eigenvalue weighted by Crippen LogP contribution is 2.23. The lowest BCUT2D eigenvalue weighted by atomic mass is 10.2. The molecule has 3 aromatic rings. The van der Waals surface area contributed by atoms with Crippen LogP contribution < -0.4 is 16.3 Å². The number of benzene rings is 1. The monoisotopic (exact) mass is 386 g/mol. The van der Waals surface area contributed by atoms with E-state index in [1.807, 2.05) is 30.5 Å². The molecule has 0 atom stereocenters. The second kappa shape index (κ2) is 6.38. The van der Waals surface area contributed by atoms with E-state index in [1.165, 1.54) is 9.13 Å². The molecule has 3 heterocycles. The Morgan fingerprint density at radius 2 is 1.96 bits per heavy atom. The Bertz CT molecular complexity index is 1200. The van der Waals surface area contributed by atoms with Gasteiger partial charge >= 0.3 is 5.69 Å². The molecule has 0 unspecified atom stereocenters. The molecule has 0 N–H and O–H groups in total. The zero-order valence-corrected chi connectivity index (χ0v) is 16.1. The normalized spacial score (nSPS) is 13.8. The summed E-state index contributed by atoms with van der Waals surface area (Å²) >= 11 is 6.22. The van der Waals surface area contributed by atoms with Gasteiger partial charge in [-0.15, -0.1) is 0 Å². The van der Waals surface area contributed by atoms with Crippen LogP contribution in [0, 0.1) is 0 Å². The van der Waals surface area contributed by atoms with Crippen LogP contribution in [0.2, 0.25) is 5.02 Å². The van der Waals surface area contributed by atoms with Crippen molar-refractivity contribution in [1.29, 1.82) is 0 Å². The lowest BCUT2D eigenvalue weighted by molar-refractivity contribution is 0.653. The van der Waals surface area contributed by atoms with Crippen molar-refractivity contribution in [2.75, 3.05) is 11.6 Å². The summed E-state index contributed by atoms with van der Waals surface area (Å²) in [5.41, 5.74) is 1.53. The van der Waals surface area contributed by atoms with Gasteiger partial charge in [0, 0.05) is 18.6 Å². The topological polar surface area (TPSA) is 77.4 Å². The van der Waals surface area contributed by atoms with Crippen LogP contribution in [0.5, 0.6) is 0 Å². The molecule has 1 aromatic carbocycles. The summed E-state index contributed by atoms with van der Waals surface area (Å²) in [4.78, 5) is 30.6. The van der Waals surface area contributed by atoms with Gasteiger partial charge in [0.05, 0.1) is 18.8 Å². The molecule has 0 radical (unpaired) electrons. The molecule has 9 heteroatoms. The van der Waals surface area contributed by atoms with Gasteiger partial charge in [-0.1, -0.05) is 29.8 Å². The van der Waals surface area contributed by atoms with Crippen LogP contribution in [0.25, 0.3) is 11.2 Å². The van der Waals surface area contributed by atoms with E-state index in [4.69, 9.17) is 11.6 Å². The molecule has 0 saturated carbocycles. The summed E-state index contributed by atoms with van der Waals surface area (Å²) in [6.45, 7) is 5.04. The number of hydrogen-bond donors (Lipinski definition) is 0. The zero-order valence-electron chi connectivity index (χ0n) is 15.3. The van der Waals surface area contributed by atoms with Crippen LogP contribution in [0.4, 0.5) is 5.95 Å². The van der Waals surface area contributed by atoms with E-state index in [9.17, 15) is 9.59 Å². The number of halogens is 1. The smallest absolute Gasteiger partial charge is 0.297 e. The van der Waals surface area contributed by atoms with Gasteiger partial charge in [-0.25, -0.2) is 9.80 Å². The summed E-state index contributed by atoms with van der Waals surface area (Å²) < 4.78 is 4.43. The molecule has 0 bridgehead atoms. The molecule has 8 nitrogen and oxygen atoms in total. The van der Waals surface area contributed by atoms with Gasteiger partial charge in [0.25, 0.3) is 5.56 Å². The average molecular weight is 387 g/mol. The van der Waals surface area contributed by atoms with Crippen LogP contribution >= 0.6 is 11.6 Å². The Labute approximate surface area is 159 Å². The number of aryl methyl sites for hydroxylation is 1. The van der Waals surface area contributed by atoms with Crippen molar-refractivity contribution in [2.45, 2.75) is 26.9 Å². The lowest BCUT2D eigenvalue weighted by Crippen LogP contribution is -2.40. The Kier molecular flexibility index (Phi) is 4.15. The average Bonchev–Trinajstić information content (AvgIpc) is 3.03. The van der Waals surface area contributed by atoms with Crippen LogP contribution in [-0.4, -0.2) is 30.9 Å². The third-order valence-electron chi connectivity index (χ3n) is 4.71. The first-order valence-corrected chi connectivity index (χ1v) is 9.05. The molecule has 0 aliphatic carbocycles. The second-order valence-corrected chi connectivity index (χ2v) is 6.95. The van der Waals surface area contributed by atoms with E-state index in [1.54, 1.807) is 24.2 Å². The highest BCUT2D eigenvalue weighted by molar-refractivity contribution is 6.31. The van der Waals surface area contributed by atoms with Crippen molar-refractivity contribution in [3.05, 3.63) is 55.7 Å². The Hall–Kier alpha value is -2.87. The van der Waals surface area contributed by atoms with Gasteiger partial charge in [-0.3, -0.25) is 18.5 Å². The first-order valence-electron chi connectivity index (χ1n) is 8.67. The number of anilines is 1. The fourth-order valence-corrected chi connectivity index (χ4v) is 3.56. The zero-order chi connectivity index (χ0) is 19.3. The van der Waals surface area contributed by atoms with Crippen LogP contribution in [0.1, 0.15) is 19.4 Å². The molecule has 1 aliphatic rings. The highest BCUT2D eigenvalue weighted by atomic mass is 35.5. The molecule has 0 amide bonds. The largest absolute Gasteiger partial charge is 0.332 e. The molecule has 0 fully saturated rings. The van der Waals surface area contributed by atoms with Gasteiger partial charge in [0.2, 0.25) is 5.95 Å². The van der Waals surface area contributed by atoms with Crippen LogP contribution in [0.15, 0.2) is 39.0 Å². The van der Waals surface area contributed by atoms with Crippen molar-refractivity contribution < 1.29 is 0 Å². The summed E-state index contributed by atoms with van der Waals surface area (Å²) in [6.07, 6.45) is 0.